The Morgan fingerprint density at radius 2 is 2.58 bits per heavy atom. The molecule has 0 radical (unpaired) electrons. The molecule has 0 bridgehead atoms. The molecule has 0 aromatic carbocycles. The van der Waals surface area contributed by atoms with E-state index >= 15 is 0 Å². The summed E-state index contributed by atoms with van der Waals surface area (Å²) in [6.07, 6.45) is 1.44. The van der Waals surface area contributed by atoms with Gasteiger partial charge in [-0.3, -0.25) is 4.79 Å². The van der Waals surface area contributed by atoms with E-state index < -0.39 is 0 Å². The number of nitrogens with zero attached hydrogens (tertiary/aromatic N) is 3. The lowest BCUT2D eigenvalue weighted by atomic mass is 10.6. The summed E-state index contributed by atoms with van der Waals surface area (Å²) in [5.74, 6) is 0.155. The summed E-state index contributed by atoms with van der Waals surface area (Å²) in [6, 6.07) is 0. The van der Waals surface area contributed by atoms with E-state index in [0.29, 0.717) is 5.82 Å². The summed E-state index contributed by atoms with van der Waals surface area (Å²) in [7, 11) is 1.32. The third-order valence-electron chi connectivity index (χ3n) is 1.29. The lowest BCUT2D eigenvalue weighted by Gasteiger charge is -1.96. The van der Waals surface area contributed by atoms with Crippen molar-refractivity contribution >= 4 is 5.97 Å². The molecule has 1 heterocycles. The van der Waals surface area contributed by atoms with Crippen molar-refractivity contribution in [2.45, 2.75) is 13.1 Å². The molecule has 0 saturated heterocycles. The van der Waals surface area contributed by atoms with E-state index in [1.807, 2.05) is 0 Å². The Morgan fingerprint density at radius 1 is 1.83 bits per heavy atom. The first kappa shape index (κ1) is 8.66. The van der Waals surface area contributed by atoms with Crippen molar-refractivity contribution in [3.63, 3.8) is 0 Å². The van der Waals surface area contributed by atoms with Crippen LogP contribution in [-0.2, 0) is 22.6 Å². The van der Waals surface area contributed by atoms with Crippen LogP contribution in [0.2, 0.25) is 0 Å². The SMILES string of the molecule is COC(=O)Cn1cnc(CN)n1. The van der Waals surface area contributed by atoms with Crippen molar-refractivity contribution in [2.75, 3.05) is 7.11 Å². The van der Waals surface area contributed by atoms with E-state index in [1.165, 1.54) is 18.1 Å². The zero-order valence-corrected chi connectivity index (χ0v) is 6.73. The van der Waals surface area contributed by atoms with Crippen LogP contribution in [0.3, 0.4) is 0 Å². The summed E-state index contributed by atoms with van der Waals surface area (Å²) in [4.78, 5) is 14.6. The summed E-state index contributed by atoms with van der Waals surface area (Å²) >= 11 is 0. The number of carbonyl (C=O) groups is 1. The molecule has 0 aliphatic rings. The van der Waals surface area contributed by atoms with E-state index in [1.54, 1.807) is 0 Å². The molecule has 0 aliphatic heterocycles. The van der Waals surface area contributed by atoms with Gasteiger partial charge < -0.3 is 10.5 Å². The maximum atomic E-state index is 10.7. The highest BCUT2D eigenvalue weighted by atomic mass is 16.5. The van der Waals surface area contributed by atoms with Gasteiger partial charge in [-0.25, -0.2) is 9.67 Å². The lowest BCUT2D eigenvalue weighted by molar-refractivity contribution is -0.141. The largest absolute Gasteiger partial charge is 0.468 e. The van der Waals surface area contributed by atoms with Crippen molar-refractivity contribution in [1.29, 1.82) is 0 Å². The number of esters is 1. The normalized spacial score (nSPS) is 9.83. The molecule has 2 N–H and O–H groups in total. The van der Waals surface area contributed by atoms with Crippen molar-refractivity contribution in [2.24, 2.45) is 5.73 Å². The third-order valence-corrected chi connectivity index (χ3v) is 1.29. The van der Waals surface area contributed by atoms with Crippen LogP contribution in [0.4, 0.5) is 0 Å². The molecular formula is C6H10N4O2. The van der Waals surface area contributed by atoms with Crippen LogP contribution in [0, 0.1) is 0 Å². The minimum Gasteiger partial charge on any atom is -0.468 e. The molecular weight excluding hydrogens is 160 g/mol. The van der Waals surface area contributed by atoms with Crippen LogP contribution < -0.4 is 5.73 Å². The molecule has 1 aromatic heterocycles. The van der Waals surface area contributed by atoms with Gasteiger partial charge in [-0.15, -0.1) is 0 Å². The monoisotopic (exact) mass is 170 g/mol. The smallest absolute Gasteiger partial charge is 0.327 e. The number of rotatable bonds is 3. The Balaban J connectivity index is 2.58. The second kappa shape index (κ2) is 3.82. The highest BCUT2D eigenvalue weighted by molar-refractivity contribution is 5.68. The van der Waals surface area contributed by atoms with Gasteiger partial charge in [0.15, 0.2) is 5.82 Å². The second-order valence-corrected chi connectivity index (χ2v) is 2.14. The molecule has 6 nitrogen and oxygen atoms in total. The summed E-state index contributed by atoms with van der Waals surface area (Å²) in [5, 5.41) is 3.90. The molecule has 0 aliphatic carbocycles. The predicted octanol–water partition coefficient (Wildman–Crippen LogP) is -1.09. The first-order valence-corrected chi connectivity index (χ1v) is 3.41. The van der Waals surface area contributed by atoms with Gasteiger partial charge in [-0.05, 0) is 0 Å². The van der Waals surface area contributed by atoms with Gasteiger partial charge in [-0.2, -0.15) is 5.10 Å². The van der Waals surface area contributed by atoms with Gasteiger partial charge >= 0.3 is 5.97 Å². The molecule has 0 atom stereocenters. The standard InChI is InChI=1S/C6H10N4O2/c1-12-6(11)3-10-4-8-5(2-7)9-10/h4H,2-3,7H2,1H3. The zero-order valence-electron chi connectivity index (χ0n) is 6.73. The quantitative estimate of drug-likeness (QED) is 0.583. The van der Waals surface area contributed by atoms with Gasteiger partial charge in [0, 0.05) is 0 Å². The van der Waals surface area contributed by atoms with Crippen LogP contribution >= 0.6 is 0 Å². The molecule has 0 spiro atoms. The topological polar surface area (TPSA) is 83.0 Å². The van der Waals surface area contributed by atoms with Crippen molar-refractivity contribution in [1.82, 2.24) is 14.8 Å². The van der Waals surface area contributed by atoms with Crippen LogP contribution in [0.5, 0.6) is 0 Å². The number of nitrogens with two attached hydrogens (primary N) is 1. The molecule has 1 rings (SSSR count). The molecule has 0 unspecified atom stereocenters. The van der Waals surface area contributed by atoms with Crippen LogP contribution in [0.1, 0.15) is 5.82 Å². The predicted molar refractivity (Wildman–Crippen MR) is 39.9 cm³/mol. The van der Waals surface area contributed by atoms with E-state index in [0.717, 1.165) is 0 Å². The Kier molecular flexibility index (Phi) is 2.76. The highest BCUT2D eigenvalue weighted by Crippen LogP contribution is 1.88. The number of hydrogen-bond acceptors (Lipinski definition) is 5. The Labute approximate surface area is 69.3 Å². The molecule has 6 heteroatoms. The van der Waals surface area contributed by atoms with Crippen LogP contribution in [0.25, 0.3) is 0 Å². The van der Waals surface area contributed by atoms with Crippen molar-refractivity contribution in [3.8, 4) is 0 Å². The third kappa shape index (κ3) is 2.03. The van der Waals surface area contributed by atoms with Crippen molar-refractivity contribution < 1.29 is 9.53 Å². The fourth-order valence-electron chi connectivity index (χ4n) is 0.700. The number of hydrogen-bond donors (Lipinski definition) is 1. The van der Waals surface area contributed by atoms with Crippen LogP contribution in [-0.4, -0.2) is 27.8 Å². The fraction of sp³-hybridized carbons (Fsp3) is 0.500. The minimum atomic E-state index is -0.358. The molecule has 1 aromatic rings. The number of carbonyl (C=O) groups excluding carboxylic acids is 1. The molecule has 66 valence electrons. The molecule has 0 amide bonds. The zero-order chi connectivity index (χ0) is 8.97. The first-order valence-electron chi connectivity index (χ1n) is 3.41. The van der Waals surface area contributed by atoms with Gasteiger partial charge in [0.2, 0.25) is 0 Å². The number of aromatic nitrogens is 3. The first-order chi connectivity index (χ1) is 5.76. The minimum absolute atomic E-state index is 0.0729. The Morgan fingerprint density at radius 3 is 3.08 bits per heavy atom. The van der Waals surface area contributed by atoms with Gasteiger partial charge in [0.1, 0.15) is 12.9 Å². The fourth-order valence-corrected chi connectivity index (χ4v) is 0.700. The Bertz CT molecular complexity index is 270. The van der Waals surface area contributed by atoms with Gasteiger partial charge in [-0.1, -0.05) is 0 Å². The maximum absolute atomic E-state index is 10.7. The molecule has 0 fully saturated rings. The summed E-state index contributed by atoms with van der Waals surface area (Å²) < 4.78 is 5.82. The molecule has 0 saturated carbocycles. The maximum Gasteiger partial charge on any atom is 0.327 e. The second-order valence-electron chi connectivity index (χ2n) is 2.14. The number of ether oxygens (including phenoxy) is 1. The average Bonchev–Trinajstić information content (AvgIpc) is 2.52. The summed E-state index contributed by atoms with van der Waals surface area (Å²) in [6.45, 7) is 0.345. The van der Waals surface area contributed by atoms with E-state index in [4.69, 9.17) is 5.73 Å². The van der Waals surface area contributed by atoms with E-state index in [9.17, 15) is 4.79 Å². The Hall–Kier alpha value is -1.43. The lowest BCUT2D eigenvalue weighted by Crippen LogP contribution is -2.12. The highest BCUT2D eigenvalue weighted by Gasteiger charge is 2.03. The summed E-state index contributed by atoms with van der Waals surface area (Å²) in [5.41, 5.74) is 5.27. The van der Waals surface area contributed by atoms with Gasteiger partial charge in [0.25, 0.3) is 0 Å². The van der Waals surface area contributed by atoms with Crippen LogP contribution in [0.15, 0.2) is 6.33 Å². The van der Waals surface area contributed by atoms with E-state index in [2.05, 4.69) is 14.8 Å². The van der Waals surface area contributed by atoms with Crippen molar-refractivity contribution in [3.05, 3.63) is 12.2 Å². The number of methoxy groups -OCH3 is 1. The average molecular weight is 170 g/mol. The van der Waals surface area contributed by atoms with Gasteiger partial charge in [0.05, 0.1) is 13.7 Å². The van der Waals surface area contributed by atoms with E-state index in [-0.39, 0.29) is 19.1 Å². The molecule has 12 heavy (non-hydrogen) atoms.